The van der Waals surface area contributed by atoms with Crippen LogP contribution < -0.4 is 21.3 Å². The monoisotopic (exact) mass is 576 g/mol. The van der Waals surface area contributed by atoms with Crippen LogP contribution in [0.4, 0.5) is 22.7 Å². The molecule has 0 saturated heterocycles. The lowest BCUT2D eigenvalue weighted by molar-refractivity contribution is -0.133. The topological polar surface area (TPSA) is 116 Å². The van der Waals surface area contributed by atoms with Crippen molar-refractivity contribution in [3.05, 3.63) is 119 Å². The summed E-state index contributed by atoms with van der Waals surface area (Å²) in [6.45, 7) is 7.70. The number of aryl methyl sites for hydroxylation is 4. The zero-order chi connectivity index (χ0) is 30.9. The lowest BCUT2D eigenvalue weighted by Crippen LogP contribution is -2.41. The van der Waals surface area contributed by atoms with Crippen LogP contribution in [-0.2, 0) is 19.2 Å². The molecule has 0 unspecified atom stereocenters. The van der Waals surface area contributed by atoms with E-state index in [2.05, 4.69) is 21.3 Å². The summed E-state index contributed by atoms with van der Waals surface area (Å²) in [6.07, 6.45) is -0.370. The molecule has 0 aliphatic carbocycles. The second kappa shape index (κ2) is 14.1. The first-order chi connectivity index (χ1) is 20.6. The third kappa shape index (κ3) is 8.87. The molecule has 4 aromatic carbocycles. The predicted octanol–water partition coefficient (Wildman–Crippen LogP) is 6.40. The van der Waals surface area contributed by atoms with Crippen LogP contribution in [0.2, 0.25) is 0 Å². The van der Waals surface area contributed by atoms with Gasteiger partial charge in [0.25, 0.3) is 0 Å². The Kier molecular flexibility index (Phi) is 10.1. The second-order valence-corrected chi connectivity index (χ2v) is 10.8. The first kappa shape index (κ1) is 30.7. The van der Waals surface area contributed by atoms with Crippen LogP contribution in [0, 0.1) is 39.5 Å². The van der Waals surface area contributed by atoms with Gasteiger partial charge in [0.15, 0.2) is 0 Å². The van der Waals surface area contributed by atoms with Gasteiger partial charge in [-0.3, -0.25) is 19.2 Å². The van der Waals surface area contributed by atoms with Gasteiger partial charge in [-0.25, -0.2) is 0 Å². The average molecular weight is 577 g/mol. The first-order valence-electron chi connectivity index (χ1n) is 14.1. The van der Waals surface area contributed by atoms with Gasteiger partial charge in [0, 0.05) is 22.7 Å². The molecular formula is C35H36N4O4. The predicted molar refractivity (Wildman–Crippen MR) is 171 cm³/mol. The van der Waals surface area contributed by atoms with Gasteiger partial charge in [0.05, 0.1) is 0 Å². The van der Waals surface area contributed by atoms with Crippen LogP contribution in [0.1, 0.15) is 28.7 Å². The molecule has 0 aliphatic heterocycles. The van der Waals surface area contributed by atoms with Crippen LogP contribution in [-0.4, -0.2) is 23.6 Å². The summed E-state index contributed by atoms with van der Waals surface area (Å²) in [5, 5.41) is 11.1. The highest BCUT2D eigenvalue weighted by atomic mass is 16.2. The molecule has 0 spiro atoms. The van der Waals surface area contributed by atoms with Crippen molar-refractivity contribution >= 4 is 46.4 Å². The van der Waals surface area contributed by atoms with Crippen molar-refractivity contribution < 1.29 is 19.2 Å². The molecule has 0 bridgehead atoms. The number of carbonyl (C=O) groups excluding carboxylic acids is 4. The van der Waals surface area contributed by atoms with E-state index in [4.69, 9.17) is 0 Å². The summed E-state index contributed by atoms with van der Waals surface area (Å²) in [4.78, 5) is 54.5. The fourth-order valence-corrected chi connectivity index (χ4v) is 4.37. The maximum Gasteiger partial charge on any atom is 0.236 e. The number of hydrogen-bond donors (Lipinski definition) is 4. The molecule has 4 aromatic rings. The molecule has 0 radical (unpaired) electrons. The zero-order valence-corrected chi connectivity index (χ0v) is 24.7. The van der Waals surface area contributed by atoms with Crippen molar-refractivity contribution in [3.8, 4) is 0 Å². The van der Waals surface area contributed by atoms with Crippen LogP contribution in [0.25, 0.3) is 0 Å². The highest BCUT2D eigenvalue weighted by molar-refractivity contribution is 6.14. The SMILES string of the molecule is Cc1ccc(NC(=O)C(CC(C(=O)Nc2ccc(C)cc2)C(=O)Nc2ccc(C)cc2)C(=O)Nc2ccc(C)cc2)cc1. The minimum absolute atomic E-state index is 0.370. The van der Waals surface area contributed by atoms with Gasteiger partial charge in [-0.15, -0.1) is 0 Å². The number of amides is 4. The zero-order valence-electron chi connectivity index (χ0n) is 24.7. The summed E-state index contributed by atoms with van der Waals surface area (Å²) < 4.78 is 0. The Labute approximate surface area is 251 Å². The molecule has 0 aromatic heterocycles. The van der Waals surface area contributed by atoms with Crippen molar-refractivity contribution in [1.82, 2.24) is 0 Å². The Balaban J connectivity index is 1.64. The van der Waals surface area contributed by atoms with Crippen molar-refractivity contribution in [2.75, 3.05) is 21.3 Å². The van der Waals surface area contributed by atoms with Gasteiger partial charge >= 0.3 is 0 Å². The van der Waals surface area contributed by atoms with E-state index in [9.17, 15) is 19.2 Å². The molecule has 0 heterocycles. The van der Waals surface area contributed by atoms with Crippen molar-refractivity contribution in [1.29, 1.82) is 0 Å². The van der Waals surface area contributed by atoms with Crippen molar-refractivity contribution in [2.24, 2.45) is 11.8 Å². The maximum absolute atomic E-state index is 13.6. The summed E-state index contributed by atoms with van der Waals surface area (Å²) in [7, 11) is 0. The number of anilines is 4. The van der Waals surface area contributed by atoms with E-state index >= 15 is 0 Å². The number of benzene rings is 4. The Morgan fingerprint density at radius 2 is 0.581 bits per heavy atom. The van der Waals surface area contributed by atoms with Crippen LogP contribution in [0.5, 0.6) is 0 Å². The van der Waals surface area contributed by atoms with E-state index in [0.29, 0.717) is 22.7 Å². The Bertz CT molecular complexity index is 1340. The van der Waals surface area contributed by atoms with Gasteiger partial charge in [-0.05, 0) is 82.6 Å². The summed E-state index contributed by atoms with van der Waals surface area (Å²) in [5.74, 6) is -5.29. The molecule has 4 N–H and O–H groups in total. The minimum atomic E-state index is -1.37. The van der Waals surface area contributed by atoms with E-state index in [-0.39, 0.29) is 6.42 Å². The molecule has 0 aliphatic rings. The molecule has 0 atom stereocenters. The molecule has 43 heavy (non-hydrogen) atoms. The minimum Gasteiger partial charge on any atom is -0.325 e. The molecule has 8 nitrogen and oxygen atoms in total. The van der Waals surface area contributed by atoms with E-state index < -0.39 is 35.5 Å². The van der Waals surface area contributed by atoms with E-state index in [1.807, 2.05) is 76.2 Å². The van der Waals surface area contributed by atoms with E-state index in [1.54, 1.807) is 48.5 Å². The highest BCUT2D eigenvalue weighted by Crippen LogP contribution is 2.23. The maximum atomic E-state index is 13.6. The van der Waals surface area contributed by atoms with E-state index in [0.717, 1.165) is 22.3 Å². The first-order valence-corrected chi connectivity index (χ1v) is 14.1. The number of nitrogens with one attached hydrogen (secondary N) is 4. The smallest absolute Gasteiger partial charge is 0.236 e. The molecule has 8 heteroatoms. The normalized spacial score (nSPS) is 10.7. The van der Waals surface area contributed by atoms with Crippen molar-refractivity contribution in [3.63, 3.8) is 0 Å². The number of hydrogen-bond acceptors (Lipinski definition) is 4. The van der Waals surface area contributed by atoms with E-state index in [1.165, 1.54) is 0 Å². The summed E-state index contributed by atoms with van der Waals surface area (Å²) in [6, 6.07) is 28.5. The molecule has 4 amide bonds. The number of rotatable bonds is 10. The van der Waals surface area contributed by atoms with Gasteiger partial charge < -0.3 is 21.3 Å². The third-order valence-electron chi connectivity index (χ3n) is 7.01. The molecular weight excluding hydrogens is 540 g/mol. The Morgan fingerprint density at radius 3 is 0.767 bits per heavy atom. The fraction of sp³-hybridized carbons (Fsp3) is 0.200. The van der Waals surface area contributed by atoms with Crippen LogP contribution in [0.3, 0.4) is 0 Å². The summed E-state index contributed by atoms with van der Waals surface area (Å²) >= 11 is 0. The van der Waals surface area contributed by atoms with Gasteiger partial charge in [-0.1, -0.05) is 70.8 Å². The standard InChI is InChI=1S/C35H36N4O4/c1-22-5-13-26(14-6-22)36-32(40)30(33(41)37-27-15-7-23(2)8-16-27)21-31(34(42)38-28-17-9-24(3)10-18-28)35(43)39-29-19-11-25(4)12-20-29/h5-20,30-31H,21H2,1-4H3,(H,36,40)(H,37,41)(H,38,42)(H,39,43). The largest absolute Gasteiger partial charge is 0.325 e. The Hall–Kier alpha value is -5.24. The van der Waals surface area contributed by atoms with Crippen LogP contribution in [0.15, 0.2) is 97.1 Å². The second-order valence-electron chi connectivity index (χ2n) is 10.8. The van der Waals surface area contributed by atoms with Gasteiger partial charge in [-0.2, -0.15) is 0 Å². The highest BCUT2D eigenvalue weighted by Gasteiger charge is 2.37. The lowest BCUT2D eigenvalue weighted by Gasteiger charge is -2.22. The average Bonchev–Trinajstić information content (AvgIpc) is 2.98. The molecule has 220 valence electrons. The Morgan fingerprint density at radius 1 is 0.395 bits per heavy atom. The van der Waals surface area contributed by atoms with Crippen LogP contribution >= 0.6 is 0 Å². The third-order valence-corrected chi connectivity index (χ3v) is 7.01. The molecule has 0 saturated carbocycles. The molecule has 0 fully saturated rings. The number of carbonyl (C=O) groups is 4. The van der Waals surface area contributed by atoms with Crippen molar-refractivity contribution in [2.45, 2.75) is 34.1 Å². The van der Waals surface area contributed by atoms with Gasteiger partial charge in [0.2, 0.25) is 23.6 Å². The fourth-order valence-electron chi connectivity index (χ4n) is 4.37. The van der Waals surface area contributed by atoms with Gasteiger partial charge in [0.1, 0.15) is 11.8 Å². The quantitative estimate of drug-likeness (QED) is 0.164. The summed E-state index contributed by atoms with van der Waals surface area (Å²) in [5.41, 5.74) is 6.00. The lowest BCUT2D eigenvalue weighted by atomic mass is 9.90. The molecule has 4 rings (SSSR count).